The minimum absolute atomic E-state index is 0.688. The first-order chi connectivity index (χ1) is 6.68. The Morgan fingerprint density at radius 2 is 2.29 bits per heavy atom. The first-order valence-corrected chi connectivity index (χ1v) is 6.38. The van der Waals surface area contributed by atoms with Crippen LogP contribution in [-0.4, -0.2) is 27.7 Å². The van der Waals surface area contributed by atoms with Gasteiger partial charge in [-0.05, 0) is 25.0 Å². The molecule has 3 nitrogen and oxygen atoms in total. The van der Waals surface area contributed by atoms with Crippen LogP contribution in [0.2, 0.25) is 0 Å². The van der Waals surface area contributed by atoms with Crippen molar-refractivity contribution in [2.75, 3.05) is 23.9 Å². The van der Waals surface area contributed by atoms with Gasteiger partial charge in [-0.3, -0.25) is 4.21 Å². The summed E-state index contributed by atoms with van der Waals surface area (Å²) in [5.41, 5.74) is 1.16. The molecule has 1 atom stereocenters. The molecule has 1 N–H and O–H groups in total. The number of rotatable bonds is 5. The molecule has 14 heavy (non-hydrogen) atoms. The Morgan fingerprint density at radius 1 is 1.50 bits per heavy atom. The van der Waals surface area contributed by atoms with Gasteiger partial charge in [-0.15, -0.1) is 0 Å². The van der Waals surface area contributed by atoms with Crippen LogP contribution in [0.5, 0.6) is 0 Å². The average molecular weight is 212 g/mol. The number of nitrogens with zero attached hydrogens (tertiary/aromatic N) is 1. The third-order valence-corrected chi connectivity index (χ3v) is 2.69. The minimum atomic E-state index is -0.688. The van der Waals surface area contributed by atoms with E-state index in [0.717, 1.165) is 30.1 Å². The van der Waals surface area contributed by atoms with Gasteiger partial charge in [-0.1, -0.05) is 6.07 Å². The van der Waals surface area contributed by atoms with E-state index in [1.807, 2.05) is 25.3 Å². The van der Waals surface area contributed by atoms with E-state index in [-0.39, 0.29) is 0 Å². The number of aromatic nitrogens is 1. The van der Waals surface area contributed by atoms with Crippen LogP contribution in [0.15, 0.2) is 18.3 Å². The summed E-state index contributed by atoms with van der Waals surface area (Å²) in [5, 5.41) is 3.18. The van der Waals surface area contributed by atoms with E-state index < -0.39 is 10.8 Å². The van der Waals surface area contributed by atoms with E-state index in [2.05, 4.69) is 10.3 Å². The fourth-order valence-electron chi connectivity index (χ4n) is 1.06. The Kier molecular flexibility index (Phi) is 4.59. The molecule has 1 aromatic heterocycles. The zero-order valence-corrected chi connectivity index (χ0v) is 9.43. The van der Waals surface area contributed by atoms with E-state index in [0.29, 0.717) is 0 Å². The van der Waals surface area contributed by atoms with Crippen LogP contribution in [0.4, 0.5) is 5.82 Å². The van der Waals surface area contributed by atoms with E-state index in [1.165, 1.54) is 0 Å². The molecule has 0 aromatic carbocycles. The third-order valence-electron chi connectivity index (χ3n) is 1.83. The summed E-state index contributed by atoms with van der Waals surface area (Å²) in [4.78, 5) is 4.21. The van der Waals surface area contributed by atoms with Gasteiger partial charge in [0.15, 0.2) is 0 Å². The molecule has 0 saturated heterocycles. The molecule has 0 saturated carbocycles. The predicted octanol–water partition coefficient (Wildman–Crippen LogP) is 1.57. The first-order valence-electron chi connectivity index (χ1n) is 4.65. The minimum Gasteiger partial charge on any atom is -0.370 e. The molecular formula is C10H16N2OS. The lowest BCUT2D eigenvalue weighted by Crippen LogP contribution is -2.06. The highest BCUT2D eigenvalue weighted by Gasteiger charge is 1.94. The van der Waals surface area contributed by atoms with Crippen molar-refractivity contribution in [3.8, 4) is 0 Å². The summed E-state index contributed by atoms with van der Waals surface area (Å²) in [7, 11) is -0.688. The van der Waals surface area contributed by atoms with Crippen molar-refractivity contribution in [2.45, 2.75) is 13.3 Å². The normalized spacial score (nSPS) is 12.4. The second-order valence-electron chi connectivity index (χ2n) is 3.28. The molecule has 0 radical (unpaired) electrons. The summed E-state index contributed by atoms with van der Waals surface area (Å²) in [6.45, 7) is 2.84. The van der Waals surface area contributed by atoms with E-state index >= 15 is 0 Å². The van der Waals surface area contributed by atoms with Crippen LogP contribution >= 0.6 is 0 Å². The molecule has 0 aliphatic rings. The molecule has 4 heteroatoms. The lowest BCUT2D eigenvalue weighted by Gasteiger charge is -2.04. The number of hydrogen-bond acceptors (Lipinski definition) is 3. The maximum absolute atomic E-state index is 10.8. The van der Waals surface area contributed by atoms with Crippen molar-refractivity contribution in [2.24, 2.45) is 0 Å². The zero-order valence-electron chi connectivity index (χ0n) is 8.62. The molecule has 0 amide bonds. The third kappa shape index (κ3) is 4.37. The van der Waals surface area contributed by atoms with E-state index in [4.69, 9.17) is 0 Å². The average Bonchev–Trinajstić information content (AvgIpc) is 2.15. The largest absolute Gasteiger partial charge is 0.370 e. The van der Waals surface area contributed by atoms with Gasteiger partial charge in [0.05, 0.1) is 0 Å². The molecule has 0 bridgehead atoms. The second-order valence-corrected chi connectivity index (χ2v) is 4.83. The number of pyridine rings is 1. The lowest BCUT2D eigenvalue weighted by atomic mass is 10.3. The Bertz CT molecular complexity index is 297. The van der Waals surface area contributed by atoms with Crippen molar-refractivity contribution in [1.82, 2.24) is 4.98 Å². The van der Waals surface area contributed by atoms with Crippen LogP contribution in [0.3, 0.4) is 0 Å². The smallest absolute Gasteiger partial charge is 0.125 e. The highest BCUT2D eigenvalue weighted by atomic mass is 32.2. The quantitative estimate of drug-likeness (QED) is 0.753. The van der Waals surface area contributed by atoms with Crippen molar-refractivity contribution >= 4 is 16.6 Å². The van der Waals surface area contributed by atoms with Gasteiger partial charge in [0.2, 0.25) is 0 Å². The Morgan fingerprint density at radius 3 is 2.86 bits per heavy atom. The molecule has 78 valence electrons. The maximum Gasteiger partial charge on any atom is 0.125 e. The molecule has 1 aromatic rings. The predicted molar refractivity (Wildman–Crippen MR) is 61.0 cm³/mol. The van der Waals surface area contributed by atoms with Crippen molar-refractivity contribution in [1.29, 1.82) is 0 Å². The number of aryl methyl sites for hydroxylation is 1. The fourth-order valence-corrected chi connectivity index (χ4v) is 1.62. The summed E-state index contributed by atoms with van der Waals surface area (Å²) >= 11 is 0. The highest BCUT2D eigenvalue weighted by Crippen LogP contribution is 2.03. The summed E-state index contributed by atoms with van der Waals surface area (Å²) < 4.78 is 10.8. The molecule has 1 unspecified atom stereocenters. The van der Waals surface area contributed by atoms with Gasteiger partial charge in [-0.25, -0.2) is 4.98 Å². The second kappa shape index (κ2) is 5.75. The van der Waals surface area contributed by atoms with Crippen LogP contribution in [-0.2, 0) is 10.8 Å². The van der Waals surface area contributed by atoms with Crippen LogP contribution in [0.25, 0.3) is 0 Å². The molecule has 0 aliphatic heterocycles. The van der Waals surface area contributed by atoms with E-state index in [9.17, 15) is 4.21 Å². The van der Waals surface area contributed by atoms with Gasteiger partial charge in [-0.2, -0.15) is 0 Å². The topological polar surface area (TPSA) is 42.0 Å². The van der Waals surface area contributed by atoms with Gasteiger partial charge < -0.3 is 5.32 Å². The maximum atomic E-state index is 10.8. The van der Waals surface area contributed by atoms with E-state index in [1.54, 1.807) is 6.26 Å². The standard InChI is InChI=1S/C10H16N2OS/c1-9-4-5-10(12-8-9)11-6-3-7-14(2)13/h4-5,8H,3,6-7H2,1-2H3,(H,11,12). The molecular weight excluding hydrogens is 196 g/mol. The van der Waals surface area contributed by atoms with Gasteiger partial charge >= 0.3 is 0 Å². The number of nitrogens with one attached hydrogen (secondary N) is 1. The Hall–Kier alpha value is -0.900. The van der Waals surface area contributed by atoms with Crippen LogP contribution < -0.4 is 5.32 Å². The fraction of sp³-hybridized carbons (Fsp3) is 0.500. The number of anilines is 1. The van der Waals surface area contributed by atoms with Crippen molar-refractivity contribution in [3.63, 3.8) is 0 Å². The lowest BCUT2D eigenvalue weighted by molar-refractivity contribution is 0.685. The van der Waals surface area contributed by atoms with Gasteiger partial charge in [0, 0.05) is 35.5 Å². The molecule has 1 heterocycles. The summed E-state index contributed by atoms with van der Waals surface area (Å²) in [6, 6.07) is 3.98. The Labute approximate surface area is 87.4 Å². The number of hydrogen-bond donors (Lipinski definition) is 1. The molecule has 0 spiro atoms. The molecule has 0 aliphatic carbocycles. The van der Waals surface area contributed by atoms with Crippen molar-refractivity contribution < 1.29 is 4.21 Å². The Balaban J connectivity index is 2.25. The monoisotopic (exact) mass is 212 g/mol. The molecule has 1 rings (SSSR count). The summed E-state index contributed by atoms with van der Waals surface area (Å²) in [5.74, 6) is 1.64. The van der Waals surface area contributed by atoms with Gasteiger partial charge in [0.1, 0.15) is 5.82 Å². The molecule has 0 fully saturated rings. The first kappa shape index (κ1) is 11.2. The van der Waals surface area contributed by atoms with Crippen molar-refractivity contribution in [3.05, 3.63) is 23.9 Å². The van der Waals surface area contributed by atoms with Gasteiger partial charge in [0.25, 0.3) is 0 Å². The zero-order chi connectivity index (χ0) is 10.4. The highest BCUT2D eigenvalue weighted by molar-refractivity contribution is 7.84. The summed E-state index contributed by atoms with van der Waals surface area (Å²) in [6.07, 6.45) is 4.48. The van der Waals surface area contributed by atoms with Crippen LogP contribution in [0.1, 0.15) is 12.0 Å². The van der Waals surface area contributed by atoms with Crippen LogP contribution in [0, 0.1) is 6.92 Å². The SMILES string of the molecule is Cc1ccc(NCCCS(C)=O)nc1.